The number of aromatic nitrogens is 5. The summed E-state index contributed by atoms with van der Waals surface area (Å²) in [7, 11) is 0. The van der Waals surface area contributed by atoms with Crippen LogP contribution in [0.1, 0.15) is 99.7 Å². The number of rotatable bonds is 4. The molecule has 10 heteroatoms. The van der Waals surface area contributed by atoms with E-state index in [-0.39, 0.29) is 59.5 Å². The second-order valence-electron chi connectivity index (χ2n) is 11.1. The number of ether oxygens (including phenoxy) is 1. The quantitative estimate of drug-likeness (QED) is 0.476. The first-order valence-corrected chi connectivity index (χ1v) is 12.5. The molecule has 4 aliphatic carbocycles. The SMILES string of the molecule is [2H]C([2H])([2H])c1nc2nc([C@H]3CCO[C@@H](c4ccc(=O)n(C5CC5)c4)C3)nc(C34CC(C(F)(F)F)(C3)C4)c2nc1C([2H])([2H])[2H]. The summed E-state index contributed by atoms with van der Waals surface area (Å²) in [6, 6.07) is 3.42. The van der Waals surface area contributed by atoms with Crippen LogP contribution >= 0.6 is 0 Å². The third-order valence-electron chi connectivity index (χ3n) is 8.60. The molecular weight excluding hydrogens is 483 g/mol. The Morgan fingerprint density at radius 2 is 1.81 bits per heavy atom. The smallest absolute Gasteiger partial charge is 0.373 e. The normalized spacial score (nSPS) is 34.2. The summed E-state index contributed by atoms with van der Waals surface area (Å²) in [5, 5.41) is 0. The van der Waals surface area contributed by atoms with E-state index in [0.29, 0.717) is 19.4 Å². The second-order valence-corrected chi connectivity index (χ2v) is 11.1. The molecule has 0 N–H and O–H groups in total. The van der Waals surface area contributed by atoms with Crippen LogP contribution in [0.4, 0.5) is 13.2 Å². The maximum Gasteiger partial charge on any atom is 0.394 e. The van der Waals surface area contributed by atoms with Crippen molar-refractivity contribution in [2.24, 2.45) is 5.41 Å². The number of hydrogen-bond acceptors (Lipinski definition) is 6. The molecule has 0 amide bonds. The first-order valence-electron chi connectivity index (χ1n) is 15.5. The Balaban J connectivity index is 1.32. The summed E-state index contributed by atoms with van der Waals surface area (Å²) in [6.07, 6.45) is -0.803. The minimum atomic E-state index is -4.38. The third kappa shape index (κ3) is 3.47. The topological polar surface area (TPSA) is 82.8 Å². The predicted octanol–water partition coefficient (Wildman–Crippen LogP) is 5.15. The van der Waals surface area contributed by atoms with Crippen LogP contribution in [0, 0.1) is 19.1 Å². The van der Waals surface area contributed by atoms with E-state index in [9.17, 15) is 18.0 Å². The van der Waals surface area contributed by atoms with Gasteiger partial charge >= 0.3 is 6.18 Å². The molecule has 1 aliphatic heterocycles. The van der Waals surface area contributed by atoms with Gasteiger partial charge in [0.2, 0.25) is 0 Å². The highest BCUT2D eigenvalue weighted by molar-refractivity contribution is 5.75. The third-order valence-corrected chi connectivity index (χ3v) is 8.60. The average molecular weight is 518 g/mol. The van der Waals surface area contributed by atoms with Gasteiger partial charge in [-0.15, -0.1) is 0 Å². The standard InChI is InChI=1S/C27H28F3N5O2/c1-14-15(2)32-24-21(31-14)22(25-11-26(12-25,13-25)27(28,29)30)33-23(34-24)16-7-8-37-19(9-16)17-3-6-20(36)35(10-17)18-4-5-18/h3,6,10,16,18-19H,4-5,7-9,11-13H2,1-2H3/t16-,19+,25?,26?/m0/s1/i1D3,2D3. The summed E-state index contributed by atoms with van der Waals surface area (Å²) in [5.74, 6) is -0.0306. The van der Waals surface area contributed by atoms with Gasteiger partial charge in [-0.3, -0.25) is 4.79 Å². The zero-order chi connectivity index (χ0) is 30.7. The Morgan fingerprint density at radius 1 is 1.05 bits per heavy atom. The van der Waals surface area contributed by atoms with Crippen molar-refractivity contribution in [3.63, 3.8) is 0 Å². The van der Waals surface area contributed by atoms with Crippen LogP contribution in [0.5, 0.6) is 0 Å². The first-order chi connectivity index (χ1) is 20.0. The predicted molar refractivity (Wildman–Crippen MR) is 128 cm³/mol. The molecule has 8 rings (SSSR count). The fourth-order valence-electron chi connectivity index (χ4n) is 6.47. The lowest BCUT2D eigenvalue weighted by Crippen LogP contribution is -2.70. The van der Waals surface area contributed by atoms with Gasteiger partial charge in [0.15, 0.2) is 5.65 Å². The Morgan fingerprint density at radius 3 is 2.51 bits per heavy atom. The van der Waals surface area contributed by atoms with Crippen molar-refractivity contribution in [2.75, 3.05) is 6.61 Å². The fraction of sp³-hybridized carbons (Fsp3) is 0.593. The Labute approximate surface area is 219 Å². The highest BCUT2D eigenvalue weighted by Crippen LogP contribution is 2.78. The molecule has 0 radical (unpaired) electrons. The number of aryl methyl sites for hydroxylation is 2. The van der Waals surface area contributed by atoms with E-state index >= 15 is 0 Å². The number of fused-ring (bicyclic) bond motifs is 1. The van der Waals surface area contributed by atoms with Crippen molar-refractivity contribution in [1.29, 1.82) is 0 Å². The minimum Gasteiger partial charge on any atom is -0.373 e. The molecule has 37 heavy (non-hydrogen) atoms. The van der Waals surface area contributed by atoms with Crippen molar-refractivity contribution in [3.8, 4) is 0 Å². The lowest BCUT2D eigenvalue weighted by Gasteiger charge is -2.70. The van der Waals surface area contributed by atoms with Gasteiger partial charge in [-0.2, -0.15) is 13.2 Å². The van der Waals surface area contributed by atoms with Crippen LogP contribution in [0.25, 0.3) is 11.2 Å². The van der Waals surface area contributed by atoms with Crippen LogP contribution in [-0.2, 0) is 10.2 Å². The molecule has 2 bridgehead atoms. The van der Waals surface area contributed by atoms with Crippen LogP contribution in [0.3, 0.4) is 0 Å². The molecule has 7 nitrogen and oxygen atoms in total. The highest BCUT2D eigenvalue weighted by atomic mass is 19.4. The van der Waals surface area contributed by atoms with Gasteiger partial charge in [0.1, 0.15) is 11.3 Å². The maximum absolute atomic E-state index is 13.8. The van der Waals surface area contributed by atoms with Gasteiger partial charge in [0.05, 0.1) is 28.6 Å². The summed E-state index contributed by atoms with van der Waals surface area (Å²) >= 11 is 0. The summed E-state index contributed by atoms with van der Waals surface area (Å²) in [4.78, 5) is 30.0. The molecule has 1 saturated heterocycles. The van der Waals surface area contributed by atoms with E-state index in [0.717, 1.165) is 18.4 Å². The van der Waals surface area contributed by atoms with Crippen LogP contribution < -0.4 is 5.56 Å². The summed E-state index contributed by atoms with van der Waals surface area (Å²) in [6.45, 7) is -5.51. The van der Waals surface area contributed by atoms with E-state index < -0.39 is 48.2 Å². The number of pyridine rings is 1. The molecule has 5 fully saturated rings. The van der Waals surface area contributed by atoms with Crippen LogP contribution in [0.15, 0.2) is 23.1 Å². The molecule has 4 heterocycles. The number of alkyl halides is 3. The Bertz CT molecular complexity index is 1680. The molecule has 0 aromatic carbocycles. The molecule has 5 aliphatic rings. The number of hydrogen-bond donors (Lipinski definition) is 0. The van der Waals surface area contributed by atoms with Crippen molar-refractivity contribution in [3.05, 3.63) is 57.2 Å². The van der Waals surface area contributed by atoms with E-state index in [1.54, 1.807) is 10.6 Å². The fourth-order valence-corrected chi connectivity index (χ4v) is 6.47. The number of halogens is 3. The second kappa shape index (κ2) is 7.58. The van der Waals surface area contributed by atoms with E-state index in [2.05, 4.69) is 15.0 Å². The minimum absolute atomic E-state index is 0.0709. The van der Waals surface area contributed by atoms with Crippen LogP contribution in [0.2, 0.25) is 0 Å². The van der Waals surface area contributed by atoms with Crippen molar-refractivity contribution >= 4 is 11.2 Å². The van der Waals surface area contributed by atoms with E-state index in [1.807, 2.05) is 6.20 Å². The summed E-state index contributed by atoms with van der Waals surface area (Å²) in [5.41, 5.74) is -3.52. The van der Waals surface area contributed by atoms with Crippen LogP contribution in [-0.4, -0.2) is 37.3 Å². The molecule has 0 unspecified atom stereocenters. The molecule has 0 spiro atoms. The average Bonchev–Trinajstić information content (AvgIpc) is 3.70. The Hall–Kier alpha value is -2.88. The largest absolute Gasteiger partial charge is 0.394 e. The highest BCUT2D eigenvalue weighted by Gasteiger charge is 2.79. The summed E-state index contributed by atoms with van der Waals surface area (Å²) < 4.78 is 96.5. The van der Waals surface area contributed by atoms with Crippen molar-refractivity contribution in [2.45, 2.75) is 88.3 Å². The van der Waals surface area contributed by atoms with Crippen molar-refractivity contribution < 1.29 is 26.1 Å². The van der Waals surface area contributed by atoms with Gasteiger partial charge in [-0.05, 0) is 70.3 Å². The van der Waals surface area contributed by atoms with Gasteiger partial charge in [-0.1, -0.05) is 0 Å². The van der Waals surface area contributed by atoms with E-state index in [4.69, 9.17) is 17.9 Å². The van der Waals surface area contributed by atoms with Gasteiger partial charge in [0.25, 0.3) is 5.56 Å². The lowest BCUT2D eigenvalue weighted by molar-refractivity contribution is -0.337. The zero-order valence-electron chi connectivity index (χ0n) is 25.8. The maximum atomic E-state index is 13.8. The van der Waals surface area contributed by atoms with Crippen molar-refractivity contribution in [1.82, 2.24) is 24.5 Å². The molecule has 194 valence electrons. The zero-order valence-corrected chi connectivity index (χ0v) is 19.8. The monoisotopic (exact) mass is 517 g/mol. The van der Waals surface area contributed by atoms with Gasteiger partial charge in [0, 0.05) is 44.5 Å². The lowest BCUT2D eigenvalue weighted by atomic mass is 9.34. The first kappa shape index (κ1) is 17.6. The molecule has 3 aromatic rings. The molecular formula is C27H28F3N5O2. The molecule has 2 atom stereocenters. The van der Waals surface area contributed by atoms with Gasteiger partial charge in [-0.25, -0.2) is 19.9 Å². The number of nitrogens with zero attached hydrogens (tertiary/aromatic N) is 5. The molecule has 3 aromatic heterocycles. The van der Waals surface area contributed by atoms with E-state index in [1.165, 1.54) is 6.07 Å². The van der Waals surface area contributed by atoms with Gasteiger partial charge < -0.3 is 9.30 Å². The Kier molecular flexibility index (Phi) is 3.61. The molecule has 4 saturated carbocycles.